The molecule has 1 fully saturated rings. The van der Waals surface area contributed by atoms with E-state index in [0.717, 1.165) is 5.75 Å². The van der Waals surface area contributed by atoms with Gasteiger partial charge in [-0.25, -0.2) is 0 Å². The van der Waals surface area contributed by atoms with Crippen LogP contribution in [0.15, 0.2) is 0 Å². The Bertz CT molecular complexity index is 169. The third-order valence-corrected chi connectivity index (χ3v) is 3.72. The molecule has 0 aromatic carbocycles. The van der Waals surface area contributed by atoms with E-state index < -0.39 is 0 Å². The molecule has 1 N–H and O–H groups in total. The SMILES string of the molecule is CC(C)C1(C)CSNC(=O)C1. The van der Waals surface area contributed by atoms with Crippen molar-refractivity contribution in [3.05, 3.63) is 0 Å². The molecule has 0 bridgehead atoms. The van der Waals surface area contributed by atoms with E-state index in [1.165, 1.54) is 11.9 Å². The Hall–Kier alpha value is -0.180. The second kappa shape index (κ2) is 3.05. The molecule has 11 heavy (non-hydrogen) atoms. The second-order valence-corrected chi connectivity index (χ2v) is 4.58. The standard InChI is InChI=1S/C8H15NOS/c1-6(2)8(3)4-7(10)9-11-5-8/h6H,4-5H2,1-3H3,(H,9,10). The zero-order valence-electron chi connectivity index (χ0n) is 7.31. The first-order chi connectivity index (χ1) is 5.04. The van der Waals surface area contributed by atoms with Crippen molar-refractivity contribution in [3.63, 3.8) is 0 Å². The molecule has 1 saturated heterocycles. The van der Waals surface area contributed by atoms with Crippen LogP contribution in [0.5, 0.6) is 0 Å². The fourth-order valence-electron chi connectivity index (χ4n) is 1.11. The van der Waals surface area contributed by atoms with Crippen LogP contribution in [0.2, 0.25) is 0 Å². The van der Waals surface area contributed by atoms with Crippen LogP contribution in [0.1, 0.15) is 27.2 Å². The molecule has 0 saturated carbocycles. The third-order valence-electron chi connectivity index (χ3n) is 2.55. The highest BCUT2D eigenvalue weighted by atomic mass is 32.2. The van der Waals surface area contributed by atoms with Crippen LogP contribution in [0.4, 0.5) is 0 Å². The Morgan fingerprint density at radius 1 is 1.64 bits per heavy atom. The van der Waals surface area contributed by atoms with Gasteiger partial charge in [0, 0.05) is 12.2 Å². The predicted octanol–water partition coefficient (Wildman–Crippen LogP) is 1.82. The van der Waals surface area contributed by atoms with Crippen LogP contribution in [0.3, 0.4) is 0 Å². The Morgan fingerprint density at radius 2 is 2.27 bits per heavy atom. The lowest BCUT2D eigenvalue weighted by molar-refractivity contribution is -0.122. The third kappa shape index (κ3) is 1.89. The second-order valence-electron chi connectivity index (χ2n) is 3.80. The van der Waals surface area contributed by atoms with Crippen molar-refractivity contribution in [2.24, 2.45) is 11.3 Å². The van der Waals surface area contributed by atoms with Crippen molar-refractivity contribution >= 4 is 17.9 Å². The molecule has 1 heterocycles. The normalized spacial score (nSPS) is 32.2. The van der Waals surface area contributed by atoms with Crippen molar-refractivity contribution in [3.8, 4) is 0 Å². The van der Waals surface area contributed by atoms with E-state index in [9.17, 15) is 4.79 Å². The molecule has 3 heteroatoms. The topological polar surface area (TPSA) is 29.1 Å². The van der Waals surface area contributed by atoms with E-state index >= 15 is 0 Å². The lowest BCUT2D eigenvalue weighted by Gasteiger charge is -2.35. The molecular weight excluding hydrogens is 158 g/mol. The van der Waals surface area contributed by atoms with E-state index in [4.69, 9.17) is 0 Å². The number of carbonyl (C=O) groups excluding carboxylic acids is 1. The van der Waals surface area contributed by atoms with Crippen LogP contribution < -0.4 is 4.72 Å². The van der Waals surface area contributed by atoms with Crippen molar-refractivity contribution < 1.29 is 4.79 Å². The average Bonchev–Trinajstić information content (AvgIpc) is 1.86. The van der Waals surface area contributed by atoms with E-state index in [0.29, 0.717) is 12.3 Å². The van der Waals surface area contributed by atoms with Gasteiger partial charge in [-0.15, -0.1) is 0 Å². The maximum absolute atomic E-state index is 11.1. The first-order valence-electron chi connectivity index (χ1n) is 3.95. The summed E-state index contributed by atoms with van der Waals surface area (Å²) in [6, 6.07) is 0. The van der Waals surface area contributed by atoms with Gasteiger partial charge >= 0.3 is 0 Å². The van der Waals surface area contributed by atoms with Gasteiger partial charge in [0.2, 0.25) is 5.91 Å². The molecule has 1 unspecified atom stereocenters. The van der Waals surface area contributed by atoms with Gasteiger partial charge in [0.05, 0.1) is 0 Å². The Kier molecular flexibility index (Phi) is 2.47. The zero-order chi connectivity index (χ0) is 8.48. The molecule has 0 aromatic rings. The van der Waals surface area contributed by atoms with Crippen LogP contribution in [0, 0.1) is 11.3 Å². The van der Waals surface area contributed by atoms with Gasteiger partial charge in [-0.3, -0.25) is 4.79 Å². The molecule has 0 radical (unpaired) electrons. The van der Waals surface area contributed by atoms with Crippen LogP contribution in [-0.4, -0.2) is 11.7 Å². The Balaban J connectivity index is 2.62. The largest absolute Gasteiger partial charge is 0.300 e. The summed E-state index contributed by atoms with van der Waals surface area (Å²) < 4.78 is 2.77. The van der Waals surface area contributed by atoms with Gasteiger partial charge in [0.15, 0.2) is 0 Å². The van der Waals surface area contributed by atoms with Gasteiger partial charge in [0.25, 0.3) is 0 Å². The molecule has 0 aliphatic carbocycles. The van der Waals surface area contributed by atoms with E-state index in [2.05, 4.69) is 25.5 Å². The summed E-state index contributed by atoms with van der Waals surface area (Å²) in [7, 11) is 0. The summed E-state index contributed by atoms with van der Waals surface area (Å²) >= 11 is 1.54. The molecule has 1 aliphatic heterocycles. The molecular formula is C8H15NOS. The Labute approximate surface area is 72.3 Å². The first kappa shape index (κ1) is 8.91. The highest BCUT2D eigenvalue weighted by Crippen LogP contribution is 2.36. The van der Waals surface area contributed by atoms with Crippen LogP contribution in [0.25, 0.3) is 0 Å². The molecule has 64 valence electrons. The van der Waals surface area contributed by atoms with Gasteiger partial charge in [-0.05, 0) is 23.3 Å². The summed E-state index contributed by atoms with van der Waals surface area (Å²) in [5.74, 6) is 1.80. The molecule has 2 nitrogen and oxygen atoms in total. The number of carbonyl (C=O) groups is 1. The summed E-state index contributed by atoms with van der Waals surface area (Å²) in [5, 5.41) is 0. The van der Waals surface area contributed by atoms with Crippen molar-refractivity contribution in [2.45, 2.75) is 27.2 Å². The maximum atomic E-state index is 11.1. The fraction of sp³-hybridized carbons (Fsp3) is 0.875. The summed E-state index contributed by atoms with van der Waals surface area (Å²) in [6.45, 7) is 6.54. The minimum Gasteiger partial charge on any atom is -0.300 e. The first-order valence-corrected chi connectivity index (χ1v) is 4.94. The minimum absolute atomic E-state index is 0.178. The smallest absolute Gasteiger partial charge is 0.230 e. The van der Waals surface area contributed by atoms with Crippen LogP contribution >= 0.6 is 11.9 Å². The number of amides is 1. The van der Waals surface area contributed by atoms with Gasteiger partial charge in [-0.2, -0.15) is 0 Å². The summed E-state index contributed by atoms with van der Waals surface area (Å²) in [4.78, 5) is 11.1. The maximum Gasteiger partial charge on any atom is 0.230 e. The van der Waals surface area contributed by atoms with Gasteiger partial charge in [-0.1, -0.05) is 20.8 Å². The monoisotopic (exact) mass is 173 g/mol. The number of rotatable bonds is 1. The van der Waals surface area contributed by atoms with Crippen molar-refractivity contribution in [1.82, 2.24) is 4.72 Å². The number of hydrogen-bond donors (Lipinski definition) is 1. The summed E-state index contributed by atoms with van der Waals surface area (Å²) in [6.07, 6.45) is 0.678. The highest BCUT2D eigenvalue weighted by Gasteiger charge is 2.34. The molecule has 1 aliphatic rings. The lowest BCUT2D eigenvalue weighted by Crippen LogP contribution is -2.38. The van der Waals surface area contributed by atoms with E-state index in [1.54, 1.807) is 0 Å². The van der Waals surface area contributed by atoms with E-state index in [-0.39, 0.29) is 11.3 Å². The van der Waals surface area contributed by atoms with E-state index in [1.807, 2.05) is 0 Å². The van der Waals surface area contributed by atoms with Crippen LogP contribution in [-0.2, 0) is 4.79 Å². The minimum atomic E-state index is 0.178. The molecule has 1 amide bonds. The zero-order valence-corrected chi connectivity index (χ0v) is 8.12. The lowest BCUT2D eigenvalue weighted by atomic mass is 9.78. The molecule has 1 atom stereocenters. The fourth-order valence-corrected chi connectivity index (χ4v) is 2.18. The number of hydrogen-bond acceptors (Lipinski definition) is 2. The average molecular weight is 173 g/mol. The Morgan fingerprint density at radius 3 is 2.64 bits per heavy atom. The molecule has 1 rings (SSSR count). The number of nitrogens with one attached hydrogen (secondary N) is 1. The molecule has 0 aromatic heterocycles. The van der Waals surface area contributed by atoms with Crippen molar-refractivity contribution in [2.75, 3.05) is 5.75 Å². The highest BCUT2D eigenvalue weighted by molar-refractivity contribution is 7.98. The molecule has 0 spiro atoms. The summed E-state index contributed by atoms with van der Waals surface area (Å²) in [5.41, 5.74) is 0.201. The van der Waals surface area contributed by atoms with Gasteiger partial charge in [0.1, 0.15) is 0 Å². The quantitative estimate of drug-likeness (QED) is 0.613. The van der Waals surface area contributed by atoms with Crippen molar-refractivity contribution in [1.29, 1.82) is 0 Å². The van der Waals surface area contributed by atoms with Gasteiger partial charge < -0.3 is 4.72 Å². The predicted molar refractivity (Wildman–Crippen MR) is 48.2 cm³/mol.